The van der Waals surface area contributed by atoms with E-state index in [1.54, 1.807) is 11.8 Å². The molecule has 0 aliphatic carbocycles. The Hall–Kier alpha value is -2.60. The molecule has 4 aromatic rings. The molecule has 0 saturated carbocycles. The molecule has 0 aliphatic heterocycles. The molecule has 2 heterocycles. The third-order valence-corrected chi connectivity index (χ3v) is 4.95. The van der Waals surface area contributed by atoms with Gasteiger partial charge >= 0.3 is 0 Å². The summed E-state index contributed by atoms with van der Waals surface area (Å²) in [6, 6.07) is 16.6. The summed E-state index contributed by atoms with van der Waals surface area (Å²) in [7, 11) is 0. The minimum atomic E-state index is 0.633. The van der Waals surface area contributed by atoms with Crippen LogP contribution in [0.5, 0.6) is 0 Å². The second-order valence-corrected chi connectivity index (χ2v) is 6.78. The van der Waals surface area contributed by atoms with Gasteiger partial charge in [-0.3, -0.25) is 4.57 Å². The highest BCUT2D eigenvalue weighted by atomic mass is 32.2. The maximum Gasteiger partial charge on any atom is 0.195 e. The number of benzene rings is 2. The van der Waals surface area contributed by atoms with Gasteiger partial charge in [0, 0.05) is 5.69 Å². The Kier molecular flexibility index (Phi) is 4.05. The van der Waals surface area contributed by atoms with E-state index in [-0.39, 0.29) is 0 Å². The summed E-state index contributed by atoms with van der Waals surface area (Å²) in [6.07, 6.45) is 2.02. The van der Waals surface area contributed by atoms with E-state index >= 15 is 0 Å². The van der Waals surface area contributed by atoms with Gasteiger partial charge < -0.3 is 4.57 Å². The maximum atomic E-state index is 4.65. The molecule has 0 N–H and O–H groups in total. The molecule has 2 aromatic heterocycles. The third kappa shape index (κ3) is 2.82. The molecular formula is C19H19N5S. The number of thioether (sulfide) groups is 1. The minimum Gasteiger partial charge on any atom is -0.320 e. The van der Waals surface area contributed by atoms with Crippen molar-refractivity contribution in [2.75, 3.05) is 6.26 Å². The first-order chi connectivity index (χ1) is 12.2. The van der Waals surface area contributed by atoms with Crippen LogP contribution < -0.4 is 0 Å². The number of para-hydroxylation sites is 2. The fourth-order valence-corrected chi connectivity index (χ4v) is 3.54. The van der Waals surface area contributed by atoms with Crippen LogP contribution >= 0.6 is 11.8 Å². The molecule has 0 atom stereocenters. The van der Waals surface area contributed by atoms with Gasteiger partial charge in [-0.1, -0.05) is 41.6 Å². The molecule has 0 amide bonds. The van der Waals surface area contributed by atoms with Gasteiger partial charge in [0.05, 0.1) is 17.6 Å². The van der Waals surface area contributed by atoms with Crippen LogP contribution in [0, 0.1) is 13.8 Å². The molecule has 5 nitrogen and oxygen atoms in total. The zero-order valence-electron chi connectivity index (χ0n) is 14.5. The average molecular weight is 349 g/mol. The van der Waals surface area contributed by atoms with Crippen LogP contribution in [0.25, 0.3) is 16.7 Å². The highest BCUT2D eigenvalue weighted by molar-refractivity contribution is 7.98. The molecule has 0 spiro atoms. The van der Waals surface area contributed by atoms with Crippen molar-refractivity contribution in [3.8, 4) is 5.69 Å². The van der Waals surface area contributed by atoms with Crippen molar-refractivity contribution in [3.05, 3.63) is 65.7 Å². The number of aromatic nitrogens is 5. The van der Waals surface area contributed by atoms with Crippen LogP contribution in [-0.4, -0.2) is 30.6 Å². The highest BCUT2D eigenvalue weighted by Crippen LogP contribution is 2.23. The Bertz CT molecular complexity index is 1030. The maximum absolute atomic E-state index is 4.65. The number of hydrogen-bond acceptors (Lipinski definition) is 4. The summed E-state index contributed by atoms with van der Waals surface area (Å²) in [5.41, 5.74) is 4.44. The van der Waals surface area contributed by atoms with Gasteiger partial charge in [-0.2, -0.15) is 0 Å². The zero-order valence-corrected chi connectivity index (χ0v) is 15.3. The van der Waals surface area contributed by atoms with Gasteiger partial charge in [0.25, 0.3) is 0 Å². The molecular weight excluding hydrogens is 330 g/mol. The predicted molar refractivity (Wildman–Crippen MR) is 101 cm³/mol. The summed E-state index contributed by atoms with van der Waals surface area (Å²) in [6.45, 7) is 4.75. The topological polar surface area (TPSA) is 48.5 Å². The van der Waals surface area contributed by atoms with Crippen LogP contribution in [0.2, 0.25) is 0 Å². The van der Waals surface area contributed by atoms with Crippen molar-refractivity contribution in [3.63, 3.8) is 0 Å². The smallest absolute Gasteiger partial charge is 0.195 e. The second-order valence-electron chi connectivity index (χ2n) is 6.01. The molecule has 0 fully saturated rings. The largest absolute Gasteiger partial charge is 0.320 e. The Morgan fingerprint density at radius 1 is 0.960 bits per heavy atom. The van der Waals surface area contributed by atoms with Gasteiger partial charge in [-0.15, -0.1) is 10.2 Å². The average Bonchev–Trinajstić information content (AvgIpc) is 3.17. The first-order valence-corrected chi connectivity index (χ1v) is 9.37. The number of fused-ring (bicyclic) bond motifs is 1. The Morgan fingerprint density at radius 2 is 1.72 bits per heavy atom. The van der Waals surface area contributed by atoms with Crippen LogP contribution in [0.4, 0.5) is 0 Å². The SMILES string of the molecule is CSc1nnc(Cn2c(C)nc3ccccc32)n1-c1ccc(C)cc1. The van der Waals surface area contributed by atoms with Crippen LogP contribution in [0.3, 0.4) is 0 Å². The number of aryl methyl sites for hydroxylation is 2. The van der Waals surface area contributed by atoms with E-state index in [9.17, 15) is 0 Å². The van der Waals surface area contributed by atoms with Gasteiger partial charge in [0.2, 0.25) is 0 Å². The molecule has 0 radical (unpaired) electrons. The first kappa shape index (κ1) is 15.9. The first-order valence-electron chi connectivity index (χ1n) is 8.14. The lowest BCUT2D eigenvalue weighted by molar-refractivity contribution is 0.711. The summed E-state index contributed by atoms with van der Waals surface area (Å²) >= 11 is 1.60. The molecule has 25 heavy (non-hydrogen) atoms. The van der Waals surface area contributed by atoms with E-state index in [1.165, 1.54) is 5.56 Å². The van der Waals surface area contributed by atoms with Crippen molar-refractivity contribution in [1.82, 2.24) is 24.3 Å². The van der Waals surface area contributed by atoms with E-state index in [2.05, 4.69) is 61.6 Å². The quantitative estimate of drug-likeness (QED) is 0.523. The molecule has 4 rings (SSSR count). The number of imidazole rings is 1. The standard InChI is InChI=1S/C19H19N5S/c1-13-8-10-15(11-9-13)24-18(21-22-19(24)25-3)12-23-14(2)20-16-6-4-5-7-17(16)23/h4-11H,12H2,1-3H3. The lowest BCUT2D eigenvalue weighted by Gasteiger charge is -2.11. The molecule has 0 aliphatic rings. The third-order valence-electron chi connectivity index (χ3n) is 4.32. The van der Waals surface area contributed by atoms with Crippen molar-refractivity contribution in [2.24, 2.45) is 0 Å². The summed E-state index contributed by atoms with van der Waals surface area (Å²) < 4.78 is 4.31. The highest BCUT2D eigenvalue weighted by Gasteiger charge is 2.16. The number of rotatable bonds is 4. The van der Waals surface area contributed by atoms with E-state index in [1.807, 2.05) is 31.4 Å². The van der Waals surface area contributed by atoms with Crippen LogP contribution in [0.15, 0.2) is 53.7 Å². The van der Waals surface area contributed by atoms with Crippen molar-refractivity contribution in [2.45, 2.75) is 25.5 Å². The summed E-state index contributed by atoms with van der Waals surface area (Å²) in [5, 5.41) is 9.71. The van der Waals surface area contributed by atoms with E-state index in [4.69, 9.17) is 0 Å². The Labute approximate surface area is 150 Å². The minimum absolute atomic E-state index is 0.633. The molecule has 6 heteroatoms. The normalized spacial score (nSPS) is 11.3. The monoisotopic (exact) mass is 349 g/mol. The van der Waals surface area contributed by atoms with Gasteiger partial charge in [0.1, 0.15) is 5.82 Å². The lowest BCUT2D eigenvalue weighted by atomic mass is 10.2. The fourth-order valence-electron chi connectivity index (χ4n) is 3.03. The summed E-state index contributed by atoms with van der Waals surface area (Å²) in [5.74, 6) is 1.88. The lowest BCUT2D eigenvalue weighted by Crippen LogP contribution is -2.09. The summed E-state index contributed by atoms with van der Waals surface area (Å²) in [4.78, 5) is 4.65. The van der Waals surface area contributed by atoms with E-state index < -0.39 is 0 Å². The van der Waals surface area contributed by atoms with Crippen LogP contribution in [-0.2, 0) is 6.54 Å². The second kappa shape index (κ2) is 6.37. The van der Waals surface area contributed by atoms with Crippen molar-refractivity contribution < 1.29 is 0 Å². The van der Waals surface area contributed by atoms with Gasteiger partial charge in [-0.25, -0.2) is 4.98 Å². The Balaban J connectivity index is 1.82. The van der Waals surface area contributed by atoms with Gasteiger partial charge in [0.15, 0.2) is 11.0 Å². The zero-order chi connectivity index (χ0) is 17.4. The Morgan fingerprint density at radius 3 is 2.48 bits per heavy atom. The molecule has 0 unspecified atom stereocenters. The van der Waals surface area contributed by atoms with Gasteiger partial charge in [-0.05, 0) is 44.4 Å². The fraction of sp³-hybridized carbons (Fsp3) is 0.211. The van der Waals surface area contributed by atoms with Crippen molar-refractivity contribution >= 4 is 22.8 Å². The molecule has 126 valence electrons. The number of hydrogen-bond donors (Lipinski definition) is 0. The van der Waals surface area contributed by atoms with E-state index in [0.717, 1.165) is 33.5 Å². The molecule has 0 saturated heterocycles. The predicted octanol–water partition coefficient (Wildman–Crippen LogP) is 4.00. The van der Waals surface area contributed by atoms with E-state index in [0.29, 0.717) is 6.54 Å². The molecule has 0 bridgehead atoms. The molecule has 2 aromatic carbocycles. The number of nitrogens with zero attached hydrogens (tertiary/aromatic N) is 5. The van der Waals surface area contributed by atoms with Crippen molar-refractivity contribution in [1.29, 1.82) is 0 Å². The van der Waals surface area contributed by atoms with Crippen LogP contribution in [0.1, 0.15) is 17.2 Å².